The molecule has 1 aromatic heterocycles. The summed E-state index contributed by atoms with van der Waals surface area (Å²) in [5, 5.41) is 0.728. The highest BCUT2D eigenvalue weighted by Gasteiger charge is 2.26. The van der Waals surface area contributed by atoms with Crippen molar-refractivity contribution in [3.63, 3.8) is 0 Å². The monoisotopic (exact) mass is 451 g/mol. The first kappa shape index (κ1) is 22.8. The minimum absolute atomic E-state index is 0.0925. The number of carbonyl (C=O) groups excluding carboxylic acids is 1. The van der Waals surface area contributed by atoms with Crippen LogP contribution in [-0.4, -0.2) is 26.9 Å². The highest BCUT2D eigenvalue weighted by Crippen LogP contribution is 2.35. The van der Waals surface area contributed by atoms with Gasteiger partial charge in [0, 0.05) is 23.2 Å². The average molecular weight is 452 g/mol. The summed E-state index contributed by atoms with van der Waals surface area (Å²) < 4.78 is 2.37. The number of benzene rings is 2. The molecule has 1 aliphatic carbocycles. The van der Waals surface area contributed by atoms with Gasteiger partial charge in [-0.25, -0.2) is 4.98 Å². The van der Waals surface area contributed by atoms with Gasteiger partial charge in [-0.1, -0.05) is 56.0 Å². The van der Waals surface area contributed by atoms with Crippen LogP contribution in [0.1, 0.15) is 79.3 Å². The fourth-order valence-electron chi connectivity index (χ4n) is 4.77. The summed E-state index contributed by atoms with van der Waals surface area (Å²) >= 11 is 6.35. The van der Waals surface area contributed by atoms with Crippen LogP contribution in [0.2, 0.25) is 5.02 Å². The SMILES string of the molecule is Cc1ccc(C)c(C(=O)N(CCC(C)C)Cc2nc3ccc(Cl)cc3n2C2CCCC2)c1. The van der Waals surface area contributed by atoms with Gasteiger partial charge in [0.2, 0.25) is 0 Å². The molecule has 1 amide bonds. The van der Waals surface area contributed by atoms with Crippen LogP contribution in [0.4, 0.5) is 0 Å². The maximum absolute atomic E-state index is 13.7. The first-order valence-electron chi connectivity index (χ1n) is 11.9. The van der Waals surface area contributed by atoms with Crippen molar-refractivity contribution < 1.29 is 4.79 Å². The molecule has 1 saturated carbocycles. The number of amides is 1. The van der Waals surface area contributed by atoms with E-state index < -0.39 is 0 Å². The van der Waals surface area contributed by atoms with Gasteiger partial charge in [0.15, 0.2) is 0 Å². The van der Waals surface area contributed by atoms with Gasteiger partial charge in [-0.2, -0.15) is 0 Å². The standard InChI is InChI=1S/C27H34ClN3O/c1-18(2)13-14-30(27(32)23-15-19(3)9-10-20(23)4)17-26-29-24-12-11-21(28)16-25(24)31(26)22-7-5-6-8-22/h9-12,15-16,18,22H,5-8,13-14,17H2,1-4H3. The molecule has 4 rings (SSSR count). The van der Waals surface area contributed by atoms with Crippen molar-refractivity contribution in [1.82, 2.24) is 14.5 Å². The number of imidazole rings is 1. The van der Waals surface area contributed by atoms with Crippen molar-refractivity contribution in [3.8, 4) is 0 Å². The molecular formula is C27H34ClN3O. The average Bonchev–Trinajstić information content (AvgIpc) is 3.39. The zero-order valence-electron chi connectivity index (χ0n) is 19.7. The molecule has 2 aromatic carbocycles. The Kier molecular flexibility index (Phi) is 6.90. The minimum atomic E-state index is 0.0925. The van der Waals surface area contributed by atoms with Gasteiger partial charge in [-0.05, 0) is 68.9 Å². The van der Waals surface area contributed by atoms with Gasteiger partial charge < -0.3 is 9.47 Å². The van der Waals surface area contributed by atoms with Gasteiger partial charge in [0.1, 0.15) is 5.82 Å². The molecule has 5 heteroatoms. The third-order valence-corrected chi connectivity index (χ3v) is 6.87. The Hall–Kier alpha value is -2.33. The van der Waals surface area contributed by atoms with Crippen molar-refractivity contribution in [3.05, 3.63) is 63.9 Å². The molecular weight excluding hydrogens is 418 g/mol. The largest absolute Gasteiger partial charge is 0.331 e. The van der Waals surface area contributed by atoms with Gasteiger partial charge in [0.25, 0.3) is 5.91 Å². The van der Waals surface area contributed by atoms with E-state index in [9.17, 15) is 4.79 Å². The molecule has 0 bridgehead atoms. The maximum atomic E-state index is 13.7. The van der Waals surface area contributed by atoms with E-state index in [1.165, 1.54) is 12.8 Å². The summed E-state index contributed by atoms with van der Waals surface area (Å²) in [6, 6.07) is 12.5. The number of hydrogen-bond acceptors (Lipinski definition) is 2. The molecule has 0 spiro atoms. The summed E-state index contributed by atoms with van der Waals surface area (Å²) in [6.07, 6.45) is 5.75. The number of aromatic nitrogens is 2. The molecule has 1 fully saturated rings. The van der Waals surface area contributed by atoms with Gasteiger partial charge in [-0.15, -0.1) is 0 Å². The molecule has 0 radical (unpaired) electrons. The van der Waals surface area contributed by atoms with E-state index in [0.29, 0.717) is 18.5 Å². The van der Waals surface area contributed by atoms with E-state index in [0.717, 1.165) is 64.4 Å². The molecule has 1 aliphatic rings. The first-order chi connectivity index (χ1) is 15.3. The van der Waals surface area contributed by atoms with Crippen LogP contribution in [0.25, 0.3) is 11.0 Å². The summed E-state index contributed by atoms with van der Waals surface area (Å²) in [4.78, 5) is 20.7. The van der Waals surface area contributed by atoms with E-state index >= 15 is 0 Å². The quantitative estimate of drug-likeness (QED) is 0.383. The highest BCUT2D eigenvalue weighted by molar-refractivity contribution is 6.31. The van der Waals surface area contributed by atoms with Gasteiger partial charge in [-0.3, -0.25) is 4.79 Å². The van der Waals surface area contributed by atoms with Crippen LogP contribution < -0.4 is 0 Å². The van der Waals surface area contributed by atoms with E-state index in [1.54, 1.807) is 0 Å². The van der Waals surface area contributed by atoms with Gasteiger partial charge in [0.05, 0.1) is 17.6 Å². The Labute approximate surface area is 196 Å². The summed E-state index contributed by atoms with van der Waals surface area (Å²) in [5.41, 5.74) is 4.96. The molecule has 4 nitrogen and oxygen atoms in total. The molecule has 0 saturated heterocycles. The van der Waals surface area contributed by atoms with Crippen molar-refractivity contribution in [2.75, 3.05) is 6.54 Å². The van der Waals surface area contributed by atoms with Crippen LogP contribution in [0.5, 0.6) is 0 Å². The first-order valence-corrected chi connectivity index (χ1v) is 12.2. The lowest BCUT2D eigenvalue weighted by molar-refractivity contribution is 0.0727. The Morgan fingerprint density at radius 2 is 1.91 bits per heavy atom. The van der Waals surface area contributed by atoms with Crippen LogP contribution >= 0.6 is 11.6 Å². The van der Waals surface area contributed by atoms with Crippen LogP contribution in [0.15, 0.2) is 36.4 Å². The molecule has 1 heterocycles. The van der Waals surface area contributed by atoms with Crippen LogP contribution in [0, 0.1) is 19.8 Å². The lowest BCUT2D eigenvalue weighted by Crippen LogP contribution is -2.34. The minimum Gasteiger partial charge on any atom is -0.331 e. The Balaban J connectivity index is 1.74. The smallest absolute Gasteiger partial charge is 0.254 e. The number of rotatable bonds is 7. The molecule has 0 unspecified atom stereocenters. The highest BCUT2D eigenvalue weighted by atomic mass is 35.5. The summed E-state index contributed by atoms with van der Waals surface area (Å²) in [6.45, 7) is 9.70. The predicted molar refractivity (Wildman–Crippen MR) is 132 cm³/mol. The third-order valence-electron chi connectivity index (χ3n) is 6.63. The molecule has 32 heavy (non-hydrogen) atoms. The normalized spacial score (nSPS) is 14.6. The third kappa shape index (κ3) is 4.85. The molecule has 0 atom stereocenters. The zero-order valence-corrected chi connectivity index (χ0v) is 20.5. The fraction of sp³-hybridized carbons (Fsp3) is 0.481. The fourth-order valence-corrected chi connectivity index (χ4v) is 4.94. The van der Waals surface area contributed by atoms with Crippen LogP contribution in [-0.2, 0) is 6.54 Å². The molecule has 0 aliphatic heterocycles. The van der Waals surface area contributed by atoms with E-state index in [2.05, 4.69) is 24.5 Å². The maximum Gasteiger partial charge on any atom is 0.254 e. The van der Waals surface area contributed by atoms with Crippen molar-refractivity contribution in [1.29, 1.82) is 0 Å². The zero-order chi connectivity index (χ0) is 22.8. The number of halogens is 1. The van der Waals surface area contributed by atoms with Crippen molar-refractivity contribution in [2.45, 2.75) is 72.4 Å². The molecule has 3 aromatic rings. The number of aryl methyl sites for hydroxylation is 2. The van der Waals surface area contributed by atoms with E-state index in [1.807, 2.05) is 49.1 Å². The molecule has 170 valence electrons. The lowest BCUT2D eigenvalue weighted by atomic mass is 10.0. The second-order valence-corrected chi connectivity index (χ2v) is 10.1. The Bertz CT molecular complexity index is 1110. The topological polar surface area (TPSA) is 38.1 Å². The van der Waals surface area contributed by atoms with E-state index in [4.69, 9.17) is 16.6 Å². The van der Waals surface area contributed by atoms with Crippen molar-refractivity contribution >= 4 is 28.5 Å². The predicted octanol–water partition coefficient (Wildman–Crippen LogP) is 7.11. The Morgan fingerprint density at radius 3 is 2.62 bits per heavy atom. The van der Waals surface area contributed by atoms with E-state index in [-0.39, 0.29) is 5.91 Å². The number of fused-ring (bicyclic) bond motifs is 1. The van der Waals surface area contributed by atoms with Crippen molar-refractivity contribution in [2.24, 2.45) is 5.92 Å². The number of nitrogens with zero attached hydrogens (tertiary/aromatic N) is 3. The summed E-state index contributed by atoms with van der Waals surface area (Å²) in [7, 11) is 0. The second kappa shape index (κ2) is 9.66. The summed E-state index contributed by atoms with van der Waals surface area (Å²) in [5.74, 6) is 1.59. The number of hydrogen-bond donors (Lipinski definition) is 0. The molecule has 0 N–H and O–H groups in total. The second-order valence-electron chi connectivity index (χ2n) is 9.70. The van der Waals surface area contributed by atoms with Gasteiger partial charge >= 0.3 is 0 Å². The lowest BCUT2D eigenvalue weighted by Gasteiger charge is -2.26. The Morgan fingerprint density at radius 1 is 1.16 bits per heavy atom. The number of carbonyl (C=O) groups is 1. The van der Waals surface area contributed by atoms with Crippen LogP contribution in [0.3, 0.4) is 0 Å².